The first kappa shape index (κ1) is 22.1. The second-order valence-electron chi connectivity index (χ2n) is 6.38. The van der Waals surface area contributed by atoms with Crippen LogP contribution in [-0.2, 0) is 11.3 Å². The van der Waals surface area contributed by atoms with Crippen molar-refractivity contribution in [2.45, 2.75) is 19.4 Å². The number of hydrogen-bond donors (Lipinski definition) is 1. The molecule has 0 saturated carbocycles. The minimum absolute atomic E-state index is 0. The van der Waals surface area contributed by atoms with Crippen molar-refractivity contribution < 1.29 is 4.74 Å². The number of nitrogens with one attached hydrogen (secondary N) is 1. The zero-order valence-corrected chi connectivity index (χ0v) is 20.0. The van der Waals surface area contributed by atoms with E-state index in [4.69, 9.17) is 4.74 Å². The standard InChI is InChI=1S/C18H27BrN4OS.HI/c1-20-18(21-7-4-15-5-12-24-13-6-15)23-10-8-22(9-11-23)14-16-2-3-17(19)25-16;/h2-3,5H,4,6-14H2,1H3,(H,20,21);1H. The Morgan fingerprint density at radius 3 is 2.73 bits per heavy atom. The molecule has 0 atom stereocenters. The van der Waals surface area contributed by atoms with Gasteiger partial charge in [0.2, 0.25) is 0 Å². The molecule has 1 fully saturated rings. The van der Waals surface area contributed by atoms with Crippen molar-refractivity contribution in [1.82, 2.24) is 15.1 Å². The summed E-state index contributed by atoms with van der Waals surface area (Å²) in [6.45, 7) is 7.85. The van der Waals surface area contributed by atoms with E-state index < -0.39 is 0 Å². The van der Waals surface area contributed by atoms with Crippen molar-refractivity contribution in [1.29, 1.82) is 0 Å². The molecule has 2 aliphatic rings. The highest BCUT2D eigenvalue weighted by molar-refractivity contribution is 14.0. The molecule has 146 valence electrons. The van der Waals surface area contributed by atoms with Crippen molar-refractivity contribution in [3.63, 3.8) is 0 Å². The van der Waals surface area contributed by atoms with Gasteiger partial charge in [-0.3, -0.25) is 9.89 Å². The molecule has 8 heteroatoms. The lowest BCUT2D eigenvalue weighted by Gasteiger charge is -2.36. The fourth-order valence-electron chi connectivity index (χ4n) is 3.23. The van der Waals surface area contributed by atoms with Crippen molar-refractivity contribution in [2.24, 2.45) is 4.99 Å². The summed E-state index contributed by atoms with van der Waals surface area (Å²) >= 11 is 5.37. The fraction of sp³-hybridized carbons (Fsp3) is 0.611. The van der Waals surface area contributed by atoms with Crippen LogP contribution in [0.1, 0.15) is 17.7 Å². The molecule has 0 amide bonds. The molecule has 0 radical (unpaired) electrons. The van der Waals surface area contributed by atoms with Crippen LogP contribution in [0.2, 0.25) is 0 Å². The summed E-state index contributed by atoms with van der Waals surface area (Å²) in [6, 6.07) is 4.35. The number of rotatable bonds is 5. The molecule has 5 nitrogen and oxygen atoms in total. The summed E-state index contributed by atoms with van der Waals surface area (Å²) in [5.74, 6) is 1.03. The Morgan fingerprint density at radius 1 is 1.31 bits per heavy atom. The third-order valence-electron chi connectivity index (χ3n) is 4.68. The van der Waals surface area contributed by atoms with Gasteiger partial charge in [-0.1, -0.05) is 11.6 Å². The van der Waals surface area contributed by atoms with E-state index in [0.29, 0.717) is 0 Å². The molecule has 1 saturated heterocycles. The average Bonchev–Trinajstić information content (AvgIpc) is 3.05. The Balaban J connectivity index is 0.00000243. The molecule has 3 heterocycles. The quantitative estimate of drug-likeness (QED) is 0.261. The Hall–Kier alpha value is -0.160. The Morgan fingerprint density at radius 2 is 2.12 bits per heavy atom. The molecular formula is C18H28BrIN4OS. The summed E-state index contributed by atoms with van der Waals surface area (Å²) in [5, 5.41) is 3.53. The van der Waals surface area contributed by atoms with Gasteiger partial charge in [-0.2, -0.15) is 0 Å². The van der Waals surface area contributed by atoms with Gasteiger partial charge >= 0.3 is 0 Å². The second-order valence-corrected chi connectivity index (χ2v) is 8.93. The van der Waals surface area contributed by atoms with Gasteiger partial charge in [-0.05, 0) is 40.9 Å². The topological polar surface area (TPSA) is 40.1 Å². The van der Waals surface area contributed by atoms with E-state index in [1.165, 1.54) is 14.2 Å². The lowest BCUT2D eigenvalue weighted by Crippen LogP contribution is -2.52. The van der Waals surface area contributed by atoms with E-state index in [0.717, 1.165) is 71.3 Å². The maximum absolute atomic E-state index is 5.36. The Bertz CT molecular complexity index is 614. The first-order valence-corrected chi connectivity index (χ1v) is 10.5. The van der Waals surface area contributed by atoms with Crippen LogP contribution in [-0.4, -0.2) is 68.7 Å². The monoisotopic (exact) mass is 554 g/mol. The summed E-state index contributed by atoms with van der Waals surface area (Å²) < 4.78 is 6.58. The fourth-order valence-corrected chi connectivity index (χ4v) is 4.76. The smallest absolute Gasteiger partial charge is 0.193 e. The Kier molecular flexibility index (Phi) is 9.90. The molecule has 1 aromatic heterocycles. The first-order chi connectivity index (χ1) is 12.2. The van der Waals surface area contributed by atoms with Crippen LogP contribution in [0.25, 0.3) is 0 Å². The molecule has 0 unspecified atom stereocenters. The molecule has 0 bridgehead atoms. The maximum Gasteiger partial charge on any atom is 0.193 e. The zero-order chi connectivity index (χ0) is 17.5. The average molecular weight is 555 g/mol. The van der Waals surface area contributed by atoms with Crippen LogP contribution in [0.3, 0.4) is 0 Å². The molecule has 0 aromatic carbocycles. The predicted octanol–water partition coefficient (Wildman–Crippen LogP) is 3.56. The van der Waals surface area contributed by atoms with E-state index in [-0.39, 0.29) is 24.0 Å². The number of thiophene rings is 1. The highest BCUT2D eigenvalue weighted by atomic mass is 127. The highest BCUT2D eigenvalue weighted by Crippen LogP contribution is 2.23. The van der Waals surface area contributed by atoms with Gasteiger partial charge in [0.15, 0.2) is 5.96 Å². The minimum atomic E-state index is 0. The van der Waals surface area contributed by atoms with Crippen LogP contribution >= 0.6 is 51.2 Å². The third kappa shape index (κ3) is 6.78. The lowest BCUT2D eigenvalue weighted by molar-refractivity contribution is 0.153. The summed E-state index contributed by atoms with van der Waals surface area (Å²) in [5.41, 5.74) is 1.50. The van der Waals surface area contributed by atoms with Gasteiger partial charge in [0.1, 0.15) is 0 Å². The van der Waals surface area contributed by atoms with Crippen molar-refractivity contribution in [2.75, 3.05) is 53.0 Å². The lowest BCUT2D eigenvalue weighted by atomic mass is 10.1. The first-order valence-electron chi connectivity index (χ1n) is 8.92. The maximum atomic E-state index is 5.36. The normalized spacial score (nSPS) is 19.1. The van der Waals surface area contributed by atoms with Gasteiger partial charge in [-0.15, -0.1) is 35.3 Å². The number of ether oxygens (including phenoxy) is 1. The van der Waals surface area contributed by atoms with E-state index in [2.05, 4.69) is 54.2 Å². The predicted molar refractivity (Wildman–Crippen MR) is 124 cm³/mol. The zero-order valence-electron chi connectivity index (χ0n) is 15.2. The second kappa shape index (κ2) is 11.6. The van der Waals surface area contributed by atoms with E-state index >= 15 is 0 Å². The molecule has 1 N–H and O–H groups in total. The van der Waals surface area contributed by atoms with E-state index in [9.17, 15) is 0 Å². The minimum Gasteiger partial charge on any atom is -0.377 e. The van der Waals surface area contributed by atoms with E-state index in [1.54, 1.807) is 0 Å². The molecule has 3 rings (SSSR count). The van der Waals surface area contributed by atoms with Gasteiger partial charge in [0, 0.05) is 51.2 Å². The largest absolute Gasteiger partial charge is 0.377 e. The summed E-state index contributed by atoms with van der Waals surface area (Å²) in [4.78, 5) is 10.8. The molecule has 2 aliphatic heterocycles. The van der Waals surface area contributed by atoms with Crippen LogP contribution in [0.5, 0.6) is 0 Å². The molecule has 26 heavy (non-hydrogen) atoms. The SMILES string of the molecule is CN=C(NCCC1=CCOCC1)N1CCN(Cc2ccc(Br)s2)CC1.I. The number of halogens is 2. The van der Waals surface area contributed by atoms with Gasteiger partial charge in [0.05, 0.1) is 17.0 Å². The van der Waals surface area contributed by atoms with Crippen LogP contribution in [0, 0.1) is 0 Å². The van der Waals surface area contributed by atoms with Crippen molar-refractivity contribution in [3.8, 4) is 0 Å². The van der Waals surface area contributed by atoms with Crippen molar-refractivity contribution in [3.05, 3.63) is 32.4 Å². The van der Waals surface area contributed by atoms with Crippen LogP contribution in [0.15, 0.2) is 32.6 Å². The van der Waals surface area contributed by atoms with Gasteiger partial charge in [0.25, 0.3) is 0 Å². The Labute approximate surface area is 186 Å². The highest BCUT2D eigenvalue weighted by Gasteiger charge is 2.20. The number of guanidine groups is 1. The molecular weight excluding hydrogens is 527 g/mol. The molecule has 0 spiro atoms. The number of nitrogens with zero attached hydrogens (tertiary/aromatic N) is 3. The number of piperazine rings is 1. The van der Waals surface area contributed by atoms with Gasteiger partial charge < -0.3 is 15.0 Å². The molecule has 0 aliphatic carbocycles. The number of hydrogen-bond acceptors (Lipinski definition) is 4. The summed E-state index contributed by atoms with van der Waals surface area (Å²) in [7, 11) is 1.88. The van der Waals surface area contributed by atoms with Crippen molar-refractivity contribution >= 4 is 57.2 Å². The third-order valence-corrected chi connectivity index (χ3v) is 6.29. The van der Waals surface area contributed by atoms with Crippen LogP contribution < -0.4 is 5.32 Å². The molecule has 1 aromatic rings. The van der Waals surface area contributed by atoms with Gasteiger partial charge in [-0.25, -0.2) is 0 Å². The number of aliphatic imine (C=N–C) groups is 1. The van der Waals surface area contributed by atoms with E-state index in [1.807, 2.05) is 18.4 Å². The summed E-state index contributed by atoms with van der Waals surface area (Å²) in [6.07, 6.45) is 4.36. The van der Waals surface area contributed by atoms with Crippen LogP contribution in [0.4, 0.5) is 0 Å².